The van der Waals surface area contributed by atoms with Crippen LogP contribution in [0.1, 0.15) is 25.8 Å². The Balaban J connectivity index is 3.08. The van der Waals surface area contributed by atoms with Crippen LogP contribution in [-0.4, -0.2) is 12.2 Å². The van der Waals surface area contributed by atoms with Crippen molar-refractivity contribution in [1.82, 2.24) is 0 Å². The van der Waals surface area contributed by atoms with E-state index < -0.39 is 11.4 Å². The first kappa shape index (κ1) is 11.0. The fourth-order valence-corrected chi connectivity index (χ4v) is 1.21. The lowest BCUT2D eigenvalue weighted by atomic mass is 9.93. The molecule has 0 spiro atoms. The summed E-state index contributed by atoms with van der Waals surface area (Å²) in [6.07, 6.45) is 0.540. The fourth-order valence-electron chi connectivity index (χ4n) is 1.21. The molecule has 3 heteroatoms. The minimum atomic E-state index is -0.979. The quantitative estimate of drug-likeness (QED) is 0.808. The second-order valence-electron chi connectivity index (χ2n) is 3.48. The molecule has 1 rings (SSSR count). The third kappa shape index (κ3) is 2.04. The van der Waals surface area contributed by atoms with Crippen molar-refractivity contribution in [1.29, 1.82) is 0 Å². The highest BCUT2D eigenvalue weighted by Crippen LogP contribution is 2.27. The minimum Gasteiger partial charge on any atom is -0.494 e. The van der Waals surface area contributed by atoms with E-state index in [0.717, 1.165) is 0 Å². The molecule has 0 unspecified atom stereocenters. The lowest BCUT2D eigenvalue weighted by Gasteiger charge is -2.22. The first-order chi connectivity index (χ1) is 6.51. The van der Waals surface area contributed by atoms with Gasteiger partial charge < -0.3 is 9.84 Å². The van der Waals surface area contributed by atoms with Crippen LogP contribution in [0.25, 0.3) is 0 Å². The van der Waals surface area contributed by atoms with Gasteiger partial charge in [-0.05, 0) is 31.0 Å². The van der Waals surface area contributed by atoms with E-state index in [1.165, 1.54) is 19.2 Å². The molecule has 0 bridgehead atoms. The topological polar surface area (TPSA) is 29.5 Å². The van der Waals surface area contributed by atoms with Gasteiger partial charge in [-0.1, -0.05) is 13.0 Å². The Morgan fingerprint density at radius 2 is 2.14 bits per heavy atom. The van der Waals surface area contributed by atoms with Crippen LogP contribution >= 0.6 is 0 Å². The maximum Gasteiger partial charge on any atom is 0.165 e. The van der Waals surface area contributed by atoms with E-state index in [9.17, 15) is 9.50 Å². The molecule has 0 saturated heterocycles. The highest BCUT2D eigenvalue weighted by Gasteiger charge is 2.21. The molecule has 0 aliphatic rings. The Morgan fingerprint density at radius 1 is 1.50 bits per heavy atom. The van der Waals surface area contributed by atoms with Crippen molar-refractivity contribution < 1.29 is 14.2 Å². The van der Waals surface area contributed by atoms with Gasteiger partial charge in [-0.3, -0.25) is 0 Å². The summed E-state index contributed by atoms with van der Waals surface area (Å²) in [5.74, 6) is -0.251. The molecule has 0 saturated carbocycles. The Labute approximate surface area is 83.3 Å². The van der Waals surface area contributed by atoms with Crippen molar-refractivity contribution in [2.45, 2.75) is 25.9 Å². The molecule has 1 atom stereocenters. The third-order valence-corrected chi connectivity index (χ3v) is 2.46. The van der Waals surface area contributed by atoms with E-state index in [4.69, 9.17) is 4.74 Å². The molecule has 1 N–H and O–H groups in total. The van der Waals surface area contributed by atoms with E-state index in [2.05, 4.69) is 0 Å². The van der Waals surface area contributed by atoms with Crippen LogP contribution in [0.15, 0.2) is 18.2 Å². The average Bonchev–Trinajstić information content (AvgIpc) is 2.17. The smallest absolute Gasteiger partial charge is 0.165 e. The summed E-state index contributed by atoms with van der Waals surface area (Å²) in [5.41, 5.74) is -0.411. The summed E-state index contributed by atoms with van der Waals surface area (Å²) < 4.78 is 18.1. The lowest BCUT2D eigenvalue weighted by molar-refractivity contribution is 0.0527. The summed E-state index contributed by atoms with van der Waals surface area (Å²) in [6.45, 7) is 3.51. The number of hydrogen-bond acceptors (Lipinski definition) is 2. The number of halogens is 1. The van der Waals surface area contributed by atoms with Crippen molar-refractivity contribution in [3.8, 4) is 5.75 Å². The van der Waals surface area contributed by atoms with Crippen LogP contribution in [0.3, 0.4) is 0 Å². The van der Waals surface area contributed by atoms with Crippen molar-refractivity contribution in [2.75, 3.05) is 7.11 Å². The highest BCUT2D eigenvalue weighted by atomic mass is 19.1. The average molecular weight is 198 g/mol. The Kier molecular flexibility index (Phi) is 3.11. The van der Waals surface area contributed by atoms with E-state index >= 15 is 0 Å². The molecule has 0 aliphatic heterocycles. The molecule has 14 heavy (non-hydrogen) atoms. The maximum atomic E-state index is 13.3. The molecule has 1 aromatic carbocycles. The summed E-state index contributed by atoms with van der Waals surface area (Å²) in [4.78, 5) is 0. The van der Waals surface area contributed by atoms with Gasteiger partial charge in [-0.25, -0.2) is 4.39 Å². The number of hydrogen-bond donors (Lipinski definition) is 1. The van der Waals surface area contributed by atoms with Gasteiger partial charge in [-0.2, -0.15) is 0 Å². The SMILES string of the molecule is CC[C@](C)(O)c1ccc(OC)c(F)c1. The van der Waals surface area contributed by atoms with Gasteiger partial charge in [0.2, 0.25) is 0 Å². The summed E-state index contributed by atoms with van der Waals surface area (Å²) in [7, 11) is 1.41. The second kappa shape index (κ2) is 3.96. The van der Waals surface area contributed by atoms with E-state index in [1.54, 1.807) is 13.0 Å². The van der Waals surface area contributed by atoms with Gasteiger partial charge in [-0.15, -0.1) is 0 Å². The molecule has 0 heterocycles. The molecule has 78 valence electrons. The predicted molar refractivity (Wildman–Crippen MR) is 52.8 cm³/mol. The van der Waals surface area contributed by atoms with Gasteiger partial charge >= 0.3 is 0 Å². The van der Waals surface area contributed by atoms with Crippen LogP contribution in [-0.2, 0) is 5.60 Å². The van der Waals surface area contributed by atoms with Crippen molar-refractivity contribution >= 4 is 0 Å². The molecule has 2 nitrogen and oxygen atoms in total. The molecular formula is C11H15FO2. The van der Waals surface area contributed by atoms with Gasteiger partial charge in [0.25, 0.3) is 0 Å². The minimum absolute atomic E-state index is 0.195. The molecular weight excluding hydrogens is 183 g/mol. The summed E-state index contributed by atoms with van der Waals surface area (Å²) >= 11 is 0. The Morgan fingerprint density at radius 3 is 2.57 bits per heavy atom. The maximum absolute atomic E-state index is 13.3. The van der Waals surface area contributed by atoms with Gasteiger partial charge in [0.1, 0.15) is 0 Å². The number of benzene rings is 1. The van der Waals surface area contributed by atoms with Crippen molar-refractivity contribution in [2.24, 2.45) is 0 Å². The third-order valence-electron chi connectivity index (χ3n) is 2.46. The van der Waals surface area contributed by atoms with Gasteiger partial charge in [0, 0.05) is 0 Å². The van der Waals surface area contributed by atoms with E-state index in [-0.39, 0.29) is 5.75 Å². The van der Waals surface area contributed by atoms with Crippen molar-refractivity contribution in [3.63, 3.8) is 0 Å². The van der Waals surface area contributed by atoms with Crippen molar-refractivity contribution in [3.05, 3.63) is 29.6 Å². The first-order valence-corrected chi connectivity index (χ1v) is 4.57. The number of aliphatic hydroxyl groups is 1. The summed E-state index contributed by atoms with van der Waals surface area (Å²) in [5, 5.41) is 9.88. The summed E-state index contributed by atoms with van der Waals surface area (Å²) in [6, 6.07) is 4.50. The highest BCUT2D eigenvalue weighted by molar-refractivity contribution is 5.32. The molecule has 1 aromatic rings. The van der Waals surface area contributed by atoms with E-state index in [0.29, 0.717) is 12.0 Å². The van der Waals surface area contributed by atoms with E-state index in [1.807, 2.05) is 6.92 Å². The largest absolute Gasteiger partial charge is 0.494 e. The zero-order chi connectivity index (χ0) is 10.8. The molecule has 0 radical (unpaired) electrons. The van der Waals surface area contributed by atoms with Crippen LogP contribution in [0.4, 0.5) is 4.39 Å². The normalized spacial score (nSPS) is 14.9. The Bertz CT molecular complexity index is 321. The second-order valence-corrected chi connectivity index (χ2v) is 3.48. The van der Waals surface area contributed by atoms with Crippen LogP contribution < -0.4 is 4.74 Å². The number of rotatable bonds is 3. The molecule has 0 fully saturated rings. The van der Waals surface area contributed by atoms with Crippen LogP contribution in [0, 0.1) is 5.82 Å². The fraction of sp³-hybridized carbons (Fsp3) is 0.455. The predicted octanol–water partition coefficient (Wildman–Crippen LogP) is 2.45. The van der Waals surface area contributed by atoms with Gasteiger partial charge in [0.05, 0.1) is 12.7 Å². The Hall–Kier alpha value is -1.09. The number of ether oxygens (including phenoxy) is 1. The first-order valence-electron chi connectivity index (χ1n) is 4.57. The molecule has 0 aromatic heterocycles. The van der Waals surface area contributed by atoms with Crippen LogP contribution in [0.2, 0.25) is 0 Å². The van der Waals surface area contributed by atoms with Gasteiger partial charge in [0.15, 0.2) is 11.6 Å². The lowest BCUT2D eigenvalue weighted by Crippen LogP contribution is -2.19. The number of methoxy groups -OCH3 is 1. The van der Waals surface area contributed by atoms with Crippen LogP contribution in [0.5, 0.6) is 5.75 Å². The zero-order valence-corrected chi connectivity index (χ0v) is 8.67. The monoisotopic (exact) mass is 198 g/mol. The molecule has 0 amide bonds. The standard InChI is InChI=1S/C11H15FO2/c1-4-11(2,13)8-5-6-10(14-3)9(12)7-8/h5-7,13H,4H2,1-3H3/t11-/m0/s1. The zero-order valence-electron chi connectivity index (χ0n) is 8.67. The molecule has 0 aliphatic carbocycles.